The summed E-state index contributed by atoms with van der Waals surface area (Å²) in [5.41, 5.74) is 2.38. The Bertz CT molecular complexity index is 994. The third kappa shape index (κ3) is 2.73. The van der Waals surface area contributed by atoms with Gasteiger partial charge in [-0.15, -0.1) is 0 Å². The van der Waals surface area contributed by atoms with Gasteiger partial charge in [0.2, 0.25) is 5.91 Å². The van der Waals surface area contributed by atoms with Gasteiger partial charge in [-0.3, -0.25) is 9.36 Å². The number of aromatic carboxylic acids is 1. The Morgan fingerprint density at radius 3 is 2.50 bits per heavy atom. The number of carbonyl (C=O) groups excluding carboxylic acids is 1. The second-order valence-electron chi connectivity index (χ2n) is 6.06. The van der Waals surface area contributed by atoms with E-state index >= 15 is 0 Å². The highest BCUT2D eigenvalue weighted by Gasteiger charge is 2.31. The van der Waals surface area contributed by atoms with Crippen LogP contribution in [-0.2, 0) is 4.79 Å². The first-order valence-corrected chi connectivity index (χ1v) is 7.99. The average molecular weight is 351 g/mol. The van der Waals surface area contributed by atoms with Gasteiger partial charge >= 0.3 is 5.97 Å². The summed E-state index contributed by atoms with van der Waals surface area (Å²) in [6.45, 7) is 0. The molecule has 2 heterocycles. The molecule has 1 aliphatic rings. The lowest BCUT2D eigenvalue weighted by atomic mass is 9.89. The van der Waals surface area contributed by atoms with Crippen LogP contribution >= 0.6 is 0 Å². The summed E-state index contributed by atoms with van der Waals surface area (Å²) < 4.78 is 14.9. The molecule has 7 heteroatoms. The third-order valence-electron chi connectivity index (χ3n) is 4.44. The second kappa shape index (κ2) is 6.11. The average Bonchev–Trinajstić information content (AvgIpc) is 3.05. The Kier molecular flexibility index (Phi) is 3.76. The summed E-state index contributed by atoms with van der Waals surface area (Å²) in [6, 6.07) is 12.3. The Labute approximate surface area is 147 Å². The highest BCUT2D eigenvalue weighted by atomic mass is 19.1. The molecule has 2 aromatic carbocycles. The van der Waals surface area contributed by atoms with E-state index in [1.807, 2.05) is 0 Å². The third-order valence-corrected chi connectivity index (χ3v) is 4.44. The van der Waals surface area contributed by atoms with E-state index in [0.29, 0.717) is 17.2 Å². The fourth-order valence-corrected chi connectivity index (χ4v) is 3.14. The van der Waals surface area contributed by atoms with Crippen LogP contribution < -0.4 is 5.32 Å². The number of nitrogens with one attached hydrogen (secondary N) is 1. The van der Waals surface area contributed by atoms with Gasteiger partial charge in [0.1, 0.15) is 18.0 Å². The van der Waals surface area contributed by atoms with Crippen molar-refractivity contribution in [1.29, 1.82) is 0 Å². The maximum Gasteiger partial charge on any atom is 0.335 e. The number of nitrogens with zero attached hydrogens (tertiary/aromatic N) is 2. The monoisotopic (exact) mass is 351 g/mol. The number of carboxylic acids is 1. The standard InChI is InChI=1S/C19H14FN3O3/c20-13-5-7-14(8-6-13)23-10-21-17-15(9-16(24)22-18(17)23)11-1-3-12(4-2-11)19(25)26/h1-8,10,15H,9H2,(H,22,24)(H,25,26). The van der Waals surface area contributed by atoms with Crippen molar-refractivity contribution in [2.24, 2.45) is 0 Å². The molecule has 0 spiro atoms. The molecule has 1 atom stereocenters. The van der Waals surface area contributed by atoms with Crippen molar-refractivity contribution in [3.63, 3.8) is 0 Å². The quantitative estimate of drug-likeness (QED) is 0.759. The van der Waals surface area contributed by atoms with Crippen molar-refractivity contribution in [3.8, 4) is 5.69 Å². The molecule has 3 aromatic rings. The number of anilines is 1. The van der Waals surface area contributed by atoms with Gasteiger partial charge in [0, 0.05) is 18.0 Å². The van der Waals surface area contributed by atoms with Crippen molar-refractivity contribution in [2.75, 3.05) is 5.32 Å². The first kappa shape index (κ1) is 16.0. The molecule has 1 aromatic heterocycles. The predicted molar refractivity (Wildman–Crippen MR) is 92.0 cm³/mol. The maximum absolute atomic E-state index is 13.2. The van der Waals surface area contributed by atoms with Crippen LogP contribution in [0.5, 0.6) is 0 Å². The second-order valence-corrected chi connectivity index (χ2v) is 6.06. The number of carboxylic acid groups (broad SMARTS) is 1. The van der Waals surface area contributed by atoms with Crippen molar-refractivity contribution >= 4 is 17.7 Å². The van der Waals surface area contributed by atoms with E-state index in [9.17, 15) is 14.0 Å². The first-order valence-electron chi connectivity index (χ1n) is 7.99. The molecule has 0 radical (unpaired) electrons. The zero-order valence-electron chi connectivity index (χ0n) is 13.5. The Morgan fingerprint density at radius 2 is 1.85 bits per heavy atom. The zero-order valence-corrected chi connectivity index (χ0v) is 13.5. The topological polar surface area (TPSA) is 84.2 Å². The number of fused-ring (bicyclic) bond motifs is 1. The molecule has 0 fully saturated rings. The normalized spacial score (nSPS) is 16.0. The van der Waals surface area contributed by atoms with Crippen LogP contribution in [0.3, 0.4) is 0 Å². The molecule has 2 N–H and O–H groups in total. The summed E-state index contributed by atoms with van der Waals surface area (Å²) >= 11 is 0. The lowest BCUT2D eigenvalue weighted by molar-refractivity contribution is -0.116. The van der Waals surface area contributed by atoms with Crippen LogP contribution in [0, 0.1) is 5.82 Å². The molecule has 0 saturated carbocycles. The van der Waals surface area contributed by atoms with Crippen molar-refractivity contribution in [3.05, 3.63) is 77.5 Å². The largest absolute Gasteiger partial charge is 0.478 e. The molecule has 1 unspecified atom stereocenters. The number of hydrogen-bond acceptors (Lipinski definition) is 3. The number of carbonyl (C=O) groups is 2. The molecule has 1 amide bonds. The fraction of sp³-hybridized carbons (Fsp3) is 0.105. The molecule has 130 valence electrons. The van der Waals surface area contributed by atoms with Gasteiger partial charge in [0.25, 0.3) is 0 Å². The summed E-state index contributed by atoms with van der Waals surface area (Å²) in [5, 5.41) is 11.9. The smallest absolute Gasteiger partial charge is 0.335 e. The van der Waals surface area contributed by atoms with E-state index in [1.165, 1.54) is 24.3 Å². The zero-order chi connectivity index (χ0) is 18.3. The van der Waals surface area contributed by atoms with Crippen molar-refractivity contribution < 1.29 is 19.1 Å². The predicted octanol–water partition coefficient (Wildman–Crippen LogP) is 3.18. The van der Waals surface area contributed by atoms with Gasteiger partial charge in [0.15, 0.2) is 0 Å². The molecule has 1 aliphatic heterocycles. The first-order chi connectivity index (χ1) is 12.5. The summed E-state index contributed by atoms with van der Waals surface area (Å²) in [7, 11) is 0. The van der Waals surface area contributed by atoms with Crippen LogP contribution in [0.15, 0.2) is 54.9 Å². The van der Waals surface area contributed by atoms with E-state index in [4.69, 9.17) is 5.11 Å². The molecular formula is C19H14FN3O3. The molecule has 4 rings (SSSR count). The molecule has 0 aliphatic carbocycles. The Hall–Kier alpha value is -3.48. The molecule has 0 saturated heterocycles. The van der Waals surface area contributed by atoms with Crippen molar-refractivity contribution in [2.45, 2.75) is 12.3 Å². The Morgan fingerprint density at radius 1 is 1.15 bits per heavy atom. The minimum absolute atomic E-state index is 0.159. The number of amides is 1. The van der Waals surface area contributed by atoms with Crippen LogP contribution in [0.1, 0.15) is 34.0 Å². The van der Waals surface area contributed by atoms with Gasteiger partial charge in [-0.25, -0.2) is 14.2 Å². The number of hydrogen-bond donors (Lipinski definition) is 2. The lowest BCUT2D eigenvalue weighted by Gasteiger charge is -2.23. The summed E-state index contributed by atoms with van der Waals surface area (Å²) in [4.78, 5) is 27.7. The SMILES string of the molecule is O=C1CC(c2ccc(C(=O)O)cc2)c2ncn(-c3ccc(F)cc3)c2N1. The number of benzene rings is 2. The van der Waals surface area contributed by atoms with Crippen LogP contribution in [-0.4, -0.2) is 26.5 Å². The lowest BCUT2D eigenvalue weighted by Crippen LogP contribution is -2.25. The summed E-state index contributed by atoms with van der Waals surface area (Å²) in [6.07, 6.45) is 1.81. The van der Waals surface area contributed by atoms with E-state index in [2.05, 4.69) is 10.3 Å². The van der Waals surface area contributed by atoms with Gasteiger partial charge < -0.3 is 10.4 Å². The van der Waals surface area contributed by atoms with Gasteiger partial charge in [0.05, 0.1) is 11.3 Å². The minimum Gasteiger partial charge on any atom is -0.478 e. The van der Waals surface area contributed by atoms with Gasteiger partial charge in [-0.2, -0.15) is 0 Å². The van der Waals surface area contributed by atoms with Crippen LogP contribution in [0.4, 0.5) is 10.2 Å². The number of aromatic nitrogens is 2. The van der Waals surface area contributed by atoms with Crippen LogP contribution in [0.25, 0.3) is 5.69 Å². The van der Waals surface area contributed by atoms with E-state index < -0.39 is 5.97 Å². The fourth-order valence-electron chi connectivity index (χ4n) is 3.14. The van der Waals surface area contributed by atoms with Gasteiger partial charge in [-0.05, 0) is 42.0 Å². The van der Waals surface area contributed by atoms with E-state index in [-0.39, 0.29) is 29.6 Å². The summed E-state index contributed by atoms with van der Waals surface area (Å²) in [5.74, 6) is -1.24. The molecule has 6 nitrogen and oxygen atoms in total. The maximum atomic E-state index is 13.2. The Balaban J connectivity index is 1.76. The minimum atomic E-state index is -1.00. The molecular weight excluding hydrogens is 337 g/mol. The highest BCUT2D eigenvalue weighted by molar-refractivity contribution is 5.94. The number of halogens is 1. The highest BCUT2D eigenvalue weighted by Crippen LogP contribution is 2.37. The van der Waals surface area contributed by atoms with E-state index in [0.717, 1.165) is 5.56 Å². The van der Waals surface area contributed by atoms with E-state index in [1.54, 1.807) is 35.2 Å². The number of imidazole rings is 1. The molecule has 26 heavy (non-hydrogen) atoms. The van der Waals surface area contributed by atoms with Crippen molar-refractivity contribution in [1.82, 2.24) is 9.55 Å². The molecule has 0 bridgehead atoms. The number of rotatable bonds is 3. The van der Waals surface area contributed by atoms with Gasteiger partial charge in [-0.1, -0.05) is 12.1 Å². The van der Waals surface area contributed by atoms with Crippen LogP contribution in [0.2, 0.25) is 0 Å².